The van der Waals surface area contributed by atoms with E-state index in [1.807, 2.05) is 6.92 Å². The number of ether oxygens (including phenoxy) is 3. The van der Waals surface area contributed by atoms with E-state index < -0.39 is 23.8 Å². The van der Waals surface area contributed by atoms with E-state index in [0.29, 0.717) is 29.0 Å². The first-order valence-electron chi connectivity index (χ1n) is 10.9. The van der Waals surface area contributed by atoms with Gasteiger partial charge in [0.05, 0.1) is 19.4 Å². The largest absolute Gasteiger partial charge is 0.493 e. The Morgan fingerprint density at radius 2 is 1.86 bits per heavy atom. The Balaban J connectivity index is 2.00. The second-order valence-corrected chi connectivity index (χ2v) is 7.59. The molecule has 0 aromatic heterocycles. The first kappa shape index (κ1) is 25.2. The number of amides is 4. The number of barbiturate groups is 1. The van der Waals surface area contributed by atoms with Gasteiger partial charge in [-0.05, 0) is 56.2 Å². The molecule has 0 unspecified atom stereocenters. The quantitative estimate of drug-likeness (QED) is 0.255. The molecule has 0 saturated carbocycles. The van der Waals surface area contributed by atoms with Crippen molar-refractivity contribution in [3.05, 3.63) is 71.3 Å². The van der Waals surface area contributed by atoms with Gasteiger partial charge in [0.2, 0.25) is 0 Å². The number of aryl methyl sites for hydroxylation is 1. The Morgan fingerprint density at radius 1 is 1.14 bits per heavy atom. The molecule has 0 spiro atoms. The SMILES string of the molecule is C=CCc1cc(/C=C2\C(=O)NC(=O)N(c3ccc(C)cc3)C2=O)cc(OC)c1OCC(=O)OCC. The zero-order valence-corrected chi connectivity index (χ0v) is 19.8. The number of urea groups is 1. The predicted octanol–water partition coefficient (Wildman–Crippen LogP) is 3.34. The van der Waals surface area contributed by atoms with Crippen molar-refractivity contribution in [2.45, 2.75) is 20.3 Å². The highest BCUT2D eigenvalue weighted by atomic mass is 16.6. The van der Waals surface area contributed by atoms with Crippen LogP contribution in [0.3, 0.4) is 0 Å². The fraction of sp³-hybridized carbons (Fsp3) is 0.231. The summed E-state index contributed by atoms with van der Waals surface area (Å²) in [5.41, 5.74) is 2.14. The maximum atomic E-state index is 13.2. The van der Waals surface area contributed by atoms with Crippen molar-refractivity contribution in [1.82, 2.24) is 5.32 Å². The van der Waals surface area contributed by atoms with Crippen LogP contribution in [-0.2, 0) is 25.5 Å². The van der Waals surface area contributed by atoms with Gasteiger partial charge in [0.25, 0.3) is 11.8 Å². The summed E-state index contributed by atoms with van der Waals surface area (Å²) in [7, 11) is 1.43. The van der Waals surface area contributed by atoms with E-state index >= 15 is 0 Å². The predicted molar refractivity (Wildman–Crippen MR) is 129 cm³/mol. The number of hydrogen-bond acceptors (Lipinski definition) is 7. The number of carbonyl (C=O) groups excluding carboxylic acids is 4. The minimum absolute atomic E-state index is 0.225. The summed E-state index contributed by atoms with van der Waals surface area (Å²) >= 11 is 0. The molecule has 1 N–H and O–H groups in total. The Hall–Kier alpha value is -4.40. The third-order valence-electron chi connectivity index (χ3n) is 5.08. The minimum Gasteiger partial charge on any atom is -0.493 e. The number of esters is 1. The van der Waals surface area contributed by atoms with E-state index in [1.54, 1.807) is 49.4 Å². The van der Waals surface area contributed by atoms with E-state index in [2.05, 4.69) is 11.9 Å². The van der Waals surface area contributed by atoms with E-state index in [1.165, 1.54) is 13.2 Å². The van der Waals surface area contributed by atoms with Gasteiger partial charge < -0.3 is 14.2 Å². The second-order valence-electron chi connectivity index (χ2n) is 7.59. The van der Waals surface area contributed by atoms with Gasteiger partial charge in [-0.3, -0.25) is 14.9 Å². The second kappa shape index (κ2) is 11.1. The molecular weight excluding hydrogens is 452 g/mol. The molecular formula is C26H26N2O7. The van der Waals surface area contributed by atoms with Crippen molar-refractivity contribution in [3.8, 4) is 11.5 Å². The molecule has 2 aromatic rings. The fourth-order valence-corrected chi connectivity index (χ4v) is 3.48. The summed E-state index contributed by atoms with van der Waals surface area (Å²) in [6.45, 7) is 7.22. The molecule has 0 radical (unpaired) electrons. The average Bonchev–Trinajstić information content (AvgIpc) is 2.82. The number of carbonyl (C=O) groups is 4. The first-order chi connectivity index (χ1) is 16.8. The van der Waals surface area contributed by atoms with Crippen LogP contribution in [0.1, 0.15) is 23.6 Å². The van der Waals surface area contributed by atoms with Crippen molar-refractivity contribution in [1.29, 1.82) is 0 Å². The molecule has 0 atom stereocenters. The highest BCUT2D eigenvalue weighted by molar-refractivity contribution is 6.39. The van der Waals surface area contributed by atoms with E-state index in [-0.39, 0.29) is 24.5 Å². The lowest BCUT2D eigenvalue weighted by molar-refractivity contribution is -0.145. The number of nitrogens with zero attached hydrogens (tertiary/aromatic N) is 1. The molecule has 0 bridgehead atoms. The van der Waals surface area contributed by atoms with Crippen LogP contribution in [0.5, 0.6) is 11.5 Å². The lowest BCUT2D eigenvalue weighted by atomic mass is 10.0. The van der Waals surface area contributed by atoms with Gasteiger partial charge in [0.15, 0.2) is 18.1 Å². The van der Waals surface area contributed by atoms with Gasteiger partial charge in [0.1, 0.15) is 5.57 Å². The molecule has 9 nitrogen and oxygen atoms in total. The molecule has 2 aromatic carbocycles. The van der Waals surface area contributed by atoms with Gasteiger partial charge in [-0.15, -0.1) is 6.58 Å². The molecule has 1 fully saturated rings. The lowest BCUT2D eigenvalue weighted by Crippen LogP contribution is -2.54. The fourth-order valence-electron chi connectivity index (χ4n) is 3.48. The molecule has 1 aliphatic heterocycles. The van der Waals surface area contributed by atoms with Gasteiger partial charge in [-0.2, -0.15) is 0 Å². The first-order valence-corrected chi connectivity index (χ1v) is 10.9. The van der Waals surface area contributed by atoms with Crippen LogP contribution in [0.4, 0.5) is 10.5 Å². The molecule has 1 saturated heterocycles. The monoisotopic (exact) mass is 478 g/mol. The summed E-state index contributed by atoms with van der Waals surface area (Å²) in [6, 6.07) is 9.20. The van der Waals surface area contributed by atoms with Crippen LogP contribution in [0.15, 0.2) is 54.6 Å². The van der Waals surface area contributed by atoms with Crippen LogP contribution in [0.25, 0.3) is 6.08 Å². The summed E-state index contributed by atoms with van der Waals surface area (Å²) in [5, 5.41) is 2.20. The highest BCUT2D eigenvalue weighted by Gasteiger charge is 2.36. The third kappa shape index (κ3) is 5.75. The Bertz CT molecular complexity index is 1200. The van der Waals surface area contributed by atoms with Crippen LogP contribution < -0.4 is 19.7 Å². The van der Waals surface area contributed by atoms with Crippen molar-refractivity contribution in [2.24, 2.45) is 0 Å². The number of methoxy groups -OCH3 is 1. The summed E-state index contributed by atoms with van der Waals surface area (Å²) in [4.78, 5) is 50.8. The number of anilines is 1. The highest BCUT2D eigenvalue weighted by Crippen LogP contribution is 2.35. The smallest absolute Gasteiger partial charge is 0.344 e. The van der Waals surface area contributed by atoms with Crippen LogP contribution in [-0.4, -0.2) is 44.1 Å². The molecule has 9 heteroatoms. The van der Waals surface area contributed by atoms with Crippen molar-refractivity contribution in [3.63, 3.8) is 0 Å². The maximum Gasteiger partial charge on any atom is 0.344 e. The Labute approximate surface area is 203 Å². The lowest BCUT2D eigenvalue weighted by Gasteiger charge is -2.26. The number of hydrogen-bond donors (Lipinski definition) is 1. The molecule has 35 heavy (non-hydrogen) atoms. The molecule has 1 heterocycles. The summed E-state index contributed by atoms with van der Waals surface area (Å²) in [6.07, 6.45) is 3.37. The molecule has 0 aliphatic carbocycles. The molecule has 4 amide bonds. The molecule has 1 aliphatic rings. The standard InChI is InChI=1S/C26H26N2O7/c1-5-7-18-12-17(14-21(33-4)23(18)35-15-22(29)34-6-2)13-20-24(30)27-26(32)28(25(20)31)19-10-8-16(3)9-11-19/h5,8-14H,1,6-7,15H2,2-4H3,(H,27,30,32)/b20-13+. The number of rotatable bonds is 9. The van der Waals surface area contributed by atoms with E-state index in [4.69, 9.17) is 14.2 Å². The number of imide groups is 2. The Kier molecular flexibility index (Phi) is 8.04. The van der Waals surface area contributed by atoms with E-state index in [0.717, 1.165) is 10.5 Å². The minimum atomic E-state index is -0.825. The number of benzene rings is 2. The van der Waals surface area contributed by atoms with Gasteiger partial charge in [-0.1, -0.05) is 23.8 Å². The number of nitrogens with one attached hydrogen (secondary N) is 1. The zero-order valence-electron chi connectivity index (χ0n) is 19.8. The van der Waals surface area contributed by atoms with Gasteiger partial charge >= 0.3 is 12.0 Å². The van der Waals surface area contributed by atoms with Crippen LogP contribution in [0, 0.1) is 6.92 Å². The maximum absolute atomic E-state index is 13.2. The molecule has 3 rings (SSSR count). The molecule has 182 valence electrons. The summed E-state index contributed by atoms with van der Waals surface area (Å²) < 4.78 is 16.0. The van der Waals surface area contributed by atoms with Crippen molar-refractivity contribution < 1.29 is 33.4 Å². The normalized spacial score (nSPS) is 14.5. The van der Waals surface area contributed by atoms with Crippen LogP contribution in [0.2, 0.25) is 0 Å². The van der Waals surface area contributed by atoms with Gasteiger partial charge in [-0.25, -0.2) is 14.5 Å². The average molecular weight is 479 g/mol. The van der Waals surface area contributed by atoms with Crippen molar-refractivity contribution >= 4 is 35.6 Å². The summed E-state index contributed by atoms with van der Waals surface area (Å²) in [5.74, 6) is -1.49. The van der Waals surface area contributed by atoms with E-state index in [9.17, 15) is 19.2 Å². The third-order valence-corrected chi connectivity index (χ3v) is 5.08. The Morgan fingerprint density at radius 3 is 2.49 bits per heavy atom. The van der Waals surface area contributed by atoms with Crippen LogP contribution >= 0.6 is 0 Å². The topological polar surface area (TPSA) is 111 Å². The zero-order chi connectivity index (χ0) is 25.5. The van der Waals surface area contributed by atoms with Gasteiger partial charge in [0, 0.05) is 5.56 Å². The number of allylic oxidation sites excluding steroid dienone is 1. The van der Waals surface area contributed by atoms with Crippen molar-refractivity contribution in [2.75, 3.05) is 25.2 Å².